The molecule has 3 aromatic carbocycles. The summed E-state index contributed by atoms with van der Waals surface area (Å²) in [5, 5.41) is 17.5. The van der Waals surface area contributed by atoms with Gasteiger partial charge in [-0.15, -0.1) is 71.8 Å². The Kier molecular flexibility index (Phi) is 78.1. The van der Waals surface area contributed by atoms with E-state index < -0.39 is 5.97 Å². The molecule has 0 aliphatic rings. The summed E-state index contributed by atoms with van der Waals surface area (Å²) in [5.41, 5.74) is 4.86. The first-order valence-corrected chi connectivity index (χ1v) is 21.2. The number of phenolic OH excluding ortho intramolecular Hbond substituents is 1. The summed E-state index contributed by atoms with van der Waals surface area (Å²) < 4.78 is 0. The number of carboxylic acids is 1. The van der Waals surface area contributed by atoms with Gasteiger partial charge < -0.3 is 20.2 Å². The molecule has 0 fully saturated rings. The van der Waals surface area contributed by atoms with E-state index in [2.05, 4.69) is 32.1 Å². The van der Waals surface area contributed by atoms with Crippen LogP contribution in [0.15, 0.2) is 151 Å². The SMILES string of the molecule is CC.CC.CC.CC.CC.CC.CC.CC.CN=Cc1ccccc1O.O=C(O)c1ccccn1.[Ir].[Ir].[c-]1ccccc1-c1ccccn1.[c-]1ccccc1-c1ccccn1. The second kappa shape index (κ2) is 64.5. The van der Waals surface area contributed by atoms with Crippen LogP contribution in [0.3, 0.4) is 0 Å². The number of rotatable bonds is 4. The molecule has 0 saturated heterocycles. The number of hydrogen-bond acceptors (Lipinski definition) is 6. The normalized spacial score (nSPS) is 7.62. The van der Waals surface area contributed by atoms with E-state index in [1.54, 1.807) is 49.9 Å². The van der Waals surface area contributed by atoms with Crippen molar-refractivity contribution < 1.29 is 55.2 Å². The van der Waals surface area contributed by atoms with Crippen LogP contribution in [0.1, 0.15) is 127 Å². The second-order valence-electron chi connectivity index (χ2n) is 8.45. The molecule has 3 heterocycles. The van der Waals surface area contributed by atoms with Gasteiger partial charge >= 0.3 is 5.97 Å². The Morgan fingerprint density at radius 3 is 1.10 bits per heavy atom. The Bertz CT molecular complexity index is 1500. The van der Waals surface area contributed by atoms with E-state index in [0.29, 0.717) is 0 Å². The third kappa shape index (κ3) is 41.9. The Labute approximate surface area is 400 Å². The summed E-state index contributed by atoms with van der Waals surface area (Å²) in [6, 6.07) is 45.5. The van der Waals surface area contributed by atoms with Crippen molar-refractivity contribution in [2.45, 2.75) is 111 Å². The molecule has 0 bridgehead atoms. The minimum absolute atomic E-state index is 0. The second-order valence-corrected chi connectivity index (χ2v) is 8.45. The van der Waals surface area contributed by atoms with Crippen LogP contribution in [0.4, 0.5) is 0 Å². The number of aliphatic imine (C=N–C) groups is 1. The number of aromatic nitrogens is 3. The Hall–Kier alpha value is -4.65. The zero-order chi connectivity index (χ0) is 46.5. The topological polar surface area (TPSA) is 109 Å². The van der Waals surface area contributed by atoms with E-state index in [1.807, 2.05) is 208 Å². The Morgan fingerprint density at radius 1 is 0.492 bits per heavy atom. The molecule has 0 unspecified atom stereocenters. The van der Waals surface area contributed by atoms with Gasteiger partial charge in [0, 0.05) is 77.6 Å². The molecule has 0 aliphatic carbocycles. The molecule has 0 saturated carbocycles. The van der Waals surface area contributed by atoms with Crippen LogP contribution in [0.5, 0.6) is 5.75 Å². The molecule has 0 spiro atoms. The first-order valence-electron chi connectivity index (χ1n) is 21.2. The smallest absolute Gasteiger partial charge is 0.354 e. The Balaban J connectivity index is -0.0000000915. The number of para-hydroxylation sites is 1. The summed E-state index contributed by atoms with van der Waals surface area (Å²) in [6.07, 6.45) is 6.64. The number of hydrogen-bond donors (Lipinski definition) is 2. The maximum atomic E-state index is 10.1. The number of phenols is 1. The van der Waals surface area contributed by atoms with E-state index in [0.717, 1.165) is 28.1 Å². The fraction of sp³-hybridized carbons (Fsp3) is 0.327. The minimum Gasteiger partial charge on any atom is -0.507 e. The van der Waals surface area contributed by atoms with E-state index in [4.69, 9.17) is 10.2 Å². The average molecular weight is 1190 g/mol. The first kappa shape index (κ1) is 73.8. The number of carboxylic acid groups (broad SMARTS) is 1. The molecule has 344 valence electrons. The van der Waals surface area contributed by atoms with Gasteiger partial charge in [-0.25, -0.2) is 9.78 Å². The van der Waals surface area contributed by atoms with Crippen LogP contribution in [-0.2, 0) is 40.2 Å². The molecule has 3 aromatic heterocycles. The molecule has 2 radical (unpaired) electrons. The van der Waals surface area contributed by atoms with Crippen molar-refractivity contribution in [3.63, 3.8) is 0 Å². The van der Waals surface area contributed by atoms with Crippen LogP contribution in [0, 0.1) is 12.1 Å². The number of pyridine rings is 3. The van der Waals surface area contributed by atoms with Crippen molar-refractivity contribution in [3.8, 4) is 28.3 Å². The van der Waals surface area contributed by atoms with Crippen LogP contribution in [0.25, 0.3) is 22.5 Å². The zero-order valence-corrected chi connectivity index (χ0v) is 45.0. The van der Waals surface area contributed by atoms with E-state index in [9.17, 15) is 4.79 Å². The van der Waals surface area contributed by atoms with Crippen molar-refractivity contribution >= 4 is 12.2 Å². The van der Waals surface area contributed by atoms with Gasteiger partial charge in [-0.05, 0) is 47.8 Å². The molecule has 6 aromatic rings. The molecule has 0 aliphatic heterocycles. The van der Waals surface area contributed by atoms with Crippen LogP contribution < -0.4 is 0 Å². The van der Waals surface area contributed by atoms with Crippen molar-refractivity contribution in [2.24, 2.45) is 4.99 Å². The number of aromatic hydroxyl groups is 1. The summed E-state index contributed by atoms with van der Waals surface area (Å²) in [6.45, 7) is 32.0. The molecular weight excluding hydrogens is 1110 g/mol. The number of nitrogens with zero attached hydrogens (tertiary/aromatic N) is 4. The first-order chi connectivity index (χ1) is 29.1. The van der Waals surface area contributed by atoms with Gasteiger partial charge in [0.15, 0.2) is 0 Å². The molecule has 0 amide bonds. The average Bonchev–Trinajstić information content (AvgIpc) is 3.37. The maximum Gasteiger partial charge on any atom is 0.354 e. The van der Waals surface area contributed by atoms with Gasteiger partial charge in [0.25, 0.3) is 0 Å². The van der Waals surface area contributed by atoms with E-state index in [1.165, 1.54) is 12.3 Å². The molecule has 9 heteroatoms. The van der Waals surface area contributed by atoms with Crippen LogP contribution in [0.2, 0.25) is 0 Å². The zero-order valence-electron chi connectivity index (χ0n) is 40.2. The van der Waals surface area contributed by atoms with Crippen molar-refractivity contribution in [3.05, 3.63) is 169 Å². The van der Waals surface area contributed by atoms with E-state index >= 15 is 0 Å². The van der Waals surface area contributed by atoms with Gasteiger partial charge in [0.2, 0.25) is 0 Å². The Morgan fingerprint density at radius 2 is 0.836 bits per heavy atom. The van der Waals surface area contributed by atoms with Crippen molar-refractivity contribution in [2.75, 3.05) is 7.05 Å². The summed E-state index contributed by atoms with van der Waals surface area (Å²) >= 11 is 0. The molecule has 2 N–H and O–H groups in total. The summed E-state index contributed by atoms with van der Waals surface area (Å²) in [7, 11) is 1.67. The van der Waals surface area contributed by atoms with Gasteiger partial charge in [-0.1, -0.05) is 153 Å². The monoisotopic (exact) mass is 1190 g/mol. The largest absolute Gasteiger partial charge is 0.507 e. The fourth-order valence-electron chi connectivity index (χ4n) is 3.37. The summed E-state index contributed by atoms with van der Waals surface area (Å²) in [4.78, 5) is 25.9. The van der Waals surface area contributed by atoms with Crippen molar-refractivity contribution in [1.82, 2.24) is 15.0 Å². The number of benzene rings is 3. The predicted octanol–water partition coefficient (Wildman–Crippen LogP) is 15.5. The molecular formula is C52H78Ir2N4O3-2. The number of aromatic carboxylic acids is 1. The standard InChI is InChI=1S/2C11H8N.C8H9NO.C6H5NO2.8C2H6.2Ir/c2*1-2-6-10(7-3-1)11-8-4-5-9-12-11;1-9-6-7-4-2-3-5-8(7)10;8-6(9)5-3-1-2-4-7-5;8*1-2;;/h2*1-6,8-9H;2-6,10H,1H3;1-4H,(H,8,9);8*1-2H3;;/q2*-1;;;;;;;;;;;;. The van der Waals surface area contributed by atoms with Gasteiger partial charge in [-0.2, -0.15) is 0 Å². The van der Waals surface area contributed by atoms with Gasteiger partial charge in [0.05, 0.1) is 0 Å². The molecule has 61 heavy (non-hydrogen) atoms. The van der Waals surface area contributed by atoms with E-state index in [-0.39, 0.29) is 51.7 Å². The molecule has 0 atom stereocenters. The van der Waals surface area contributed by atoms with Gasteiger partial charge in [-0.3, -0.25) is 4.99 Å². The van der Waals surface area contributed by atoms with Crippen molar-refractivity contribution in [1.29, 1.82) is 0 Å². The maximum absolute atomic E-state index is 10.1. The minimum atomic E-state index is -0.990. The summed E-state index contributed by atoms with van der Waals surface area (Å²) in [5.74, 6) is -0.719. The molecule has 7 nitrogen and oxygen atoms in total. The molecule has 6 rings (SSSR count). The van der Waals surface area contributed by atoms with Crippen LogP contribution >= 0.6 is 0 Å². The van der Waals surface area contributed by atoms with Gasteiger partial charge in [0.1, 0.15) is 11.4 Å². The quantitative estimate of drug-likeness (QED) is 0.134. The third-order valence-corrected chi connectivity index (χ3v) is 5.39. The predicted molar refractivity (Wildman–Crippen MR) is 261 cm³/mol. The fourth-order valence-corrected chi connectivity index (χ4v) is 3.37. The van der Waals surface area contributed by atoms with Crippen LogP contribution in [-0.4, -0.2) is 44.4 Å². The number of carbonyl (C=O) groups is 1. The third-order valence-electron chi connectivity index (χ3n) is 5.39.